The summed E-state index contributed by atoms with van der Waals surface area (Å²) in [5.74, 6) is -0.116. The van der Waals surface area contributed by atoms with Gasteiger partial charge in [-0.3, -0.25) is 4.79 Å². The van der Waals surface area contributed by atoms with Crippen molar-refractivity contribution in [2.45, 2.75) is 33.6 Å². The van der Waals surface area contributed by atoms with Crippen molar-refractivity contribution in [2.24, 2.45) is 5.92 Å². The largest absolute Gasteiger partial charge is 0.464 e. The molecule has 0 spiro atoms. The molecular formula is C12H23NO4. The van der Waals surface area contributed by atoms with Crippen molar-refractivity contribution in [1.82, 2.24) is 4.90 Å². The molecule has 0 aromatic heterocycles. The van der Waals surface area contributed by atoms with Crippen LogP contribution in [-0.4, -0.2) is 43.8 Å². The third kappa shape index (κ3) is 8.54. The quantitative estimate of drug-likeness (QED) is 0.509. The van der Waals surface area contributed by atoms with Gasteiger partial charge in [0.05, 0.1) is 13.2 Å². The molecule has 0 aromatic rings. The summed E-state index contributed by atoms with van der Waals surface area (Å²) >= 11 is 0. The summed E-state index contributed by atoms with van der Waals surface area (Å²) < 4.78 is 9.91. The van der Waals surface area contributed by atoms with E-state index in [1.165, 1.54) is 11.9 Å². The second-order valence-electron chi connectivity index (χ2n) is 4.40. The third-order valence-corrected chi connectivity index (χ3v) is 1.98. The van der Waals surface area contributed by atoms with E-state index in [1.54, 1.807) is 0 Å². The summed E-state index contributed by atoms with van der Waals surface area (Å²) in [6.07, 6.45) is 1.31. The molecule has 5 nitrogen and oxygen atoms in total. The van der Waals surface area contributed by atoms with Gasteiger partial charge in [0.2, 0.25) is 0 Å². The first-order valence-corrected chi connectivity index (χ1v) is 6.00. The lowest BCUT2D eigenvalue weighted by Crippen LogP contribution is -2.34. The zero-order valence-corrected chi connectivity index (χ0v) is 11.2. The van der Waals surface area contributed by atoms with E-state index in [4.69, 9.17) is 9.47 Å². The highest BCUT2D eigenvalue weighted by molar-refractivity contribution is 5.77. The first-order valence-electron chi connectivity index (χ1n) is 6.00. The number of carbonyl (C=O) groups excluding carboxylic acids is 2. The molecule has 0 N–H and O–H groups in total. The number of rotatable bonds is 7. The summed E-state index contributed by atoms with van der Waals surface area (Å²) in [5, 5.41) is 0. The summed E-state index contributed by atoms with van der Waals surface area (Å²) in [5.41, 5.74) is 0. The predicted octanol–water partition coefficient (Wildman–Crippen LogP) is 2.05. The smallest absolute Gasteiger partial charge is 0.410 e. The van der Waals surface area contributed by atoms with E-state index in [1.807, 2.05) is 20.8 Å². The monoisotopic (exact) mass is 245 g/mol. The van der Waals surface area contributed by atoms with Crippen molar-refractivity contribution in [3.63, 3.8) is 0 Å². The zero-order valence-electron chi connectivity index (χ0n) is 11.2. The maximum Gasteiger partial charge on any atom is 0.410 e. The Bertz CT molecular complexity index is 241. The van der Waals surface area contributed by atoms with Crippen molar-refractivity contribution < 1.29 is 19.1 Å². The number of esters is 1. The fourth-order valence-corrected chi connectivity index (χ4v) is 0.977. The van der Waals surface area contributed by atoms with Crippen LogP contribution >= 0.6 is 0 Å². The van der Waals surface area contributed by atoms with Gasteiger partial charge in [-0.15, -0.1) is 0 Å². The topological polar surface area (TPSA) is 55.8 Å². The number of hydrogen-bond donors (Lipinski definition) is 0. The van der Waals surface area contributed by atoms with Crippen LogP contribution in [0.3, 0.4) is 0 Å². The lowest BCUT2D eigenvalue weighted by atomic mass is 10.2. The summed E-state index contributed by atoms with van der Waals surface area (Å²) in [7, 11) is 1.52. The Hall–Kier alpha value is -1.26. The molecule has 0 aliphatic rings. The second-order valence-corrected chi connectivity index (χ2v) is 4.40. The fraction of sp³-hybridized carbons (Fsp3) is 0.833. The zero-order chi connectivity index (χ0) is 13.3. The highest BCUT2D eigenvalue weighted by Gasteiger charge is 2.14. The molecular weight excluding hydrogens is 222 g/mol. The Morgan fingerprint density at radius 3 is 2.41 bits per heavy atom. The SMILES string of the molecule is CCCCOC(=O)N(C)CC(=O)OCC(C)C. The minimum Gasteiger partial charge on any atom is -0.464 e. The van der Waals surface area contributed by atoms with E-state index in [9.17, 15) is 9.59 Å². The predicted molar refractivity (Wildman–Crippen MR) is 64.7 cm³/mol. The number of ether oxygens (including phenoxy) is 2. The summed E-state index contributed by atoms with van der Waals surface area (Å²) in [6.45, 7) is 6.61. The number of carbonyl (C=O) groups is 2. The van der Waals surface area contributed by atoms with Gasteiger partial charge >= 0.3 is 12.1 Å². The molecule has 0 atom stereocenters. The molecule has 100 valence electrons. The van der Waals surface area contributed by atoms with E-state index < -0.39 is 12.1 Å². The van der Waals surface area contributed by atoms with Crippen molar-refractivity contribution in [3.05, 3.63) is 0 Å². The number of amides is 1. The van der Waals surface area contributed by atoms with Crippen molar-refractivity contribution >= 4 is 12.1 Å². The fourth-order valence-electron chi connectivity index (χ4n) is 0.977. The highest BCUT2D eigenvalue weighted by atomic mass is 16.6. The summed E-state index contributed by atoms with van der Waals surface area (Å²) in [6, 6.07) is 0. The van der Waals surface area contributed by atoms with Gasteiger partial charge in [0.1, 0.15) is 6.54 Å². The highest BCUT2D eigenvalue weighted by Crippen LogP contribution is 1.97. The molecule has 17 heavy (non-hydrogen) atoms. The Kier molecular flexibility index (Phi) is 8.19. The molecule has 5 heteroatoms. The molecule has 0 radical (unpaired) electrons. The van der Waals surface area contributed by atoms with Crippen LogP contribution in [-0.2, 0) is 14.3 Å². The molecule has 0 saturated heterocycles. The maximum atomic E-state index is 11.4. The van der Waals surface area contributed by atoms with Gasteiger partial charge < -0.3 is 14.4 Å². The first-order chi connectivity index (χ1) is 7.97. The van der Waals surface area contributed by atoms with Crippen LogP contribution in [0.1, 0.15) is 33.6 Å². The number of unbranched alkanes of at least 4 members (excludes halogenated alkanes) is 1. The van der Waals surface area contributed by atoms with Gasteiger partial charge in [-0.2, -0.15) is 0 Å². The van der Waals surface area contributed by atoms with Crippen LogP contribution in [0.15, 0.2) is 0 Å². The Balaban J connectivity index is 3.78. The van der Waals surface area contributed by atoms with E-state index in [-0.39, 0.29) is 6.54 Å². The van der Waals surface area contributed by atoms with E-state index in [2.05, 4.69) is 0 Å². The van der Waals surface area contributed by atoms with E-state index >= 15 is 0 Å². The lowest BCUT2D eigenvalue weighted by molar-refractivity contribution is -0.145. The van der Waals surface area contributed by atoms with Gasteiger partial charge in [-0.25, -0.2) is 4.79 Å². The van der Waals surface area contributed by atoms with Crippen LogP contribution < -0.4 is 0 Å². The number of hydrogen-bond acceptors (Lipinski definition) is 4. The van der Waals surface area contributed by atoms with Crippen molar-refractivity contribution in [2.75, 3.05) is 26.8 Å². The Morgan fingerprint density at radius 1 is 1.24 bits per heavy atom. The molecule has 0 fully saturated rings. The average molecular weight is 245 g/mol. The van der Waals surface area contributed by atoms with Gasteiger partial charge in [-0.05, 0) is 12.3 Å². The van der Waals surface area contributed by atoms with Crippen LogP contribution in [0, 0.1) is 5.92 Å². The van der Waals surface area contributed by atoms with Crippen LogP contribution in [0.4, 0.5) is 4.79 Å². The number of likely N-dealkylation sites (N-methyl/N-ethyl adjacent to an activating group) is 1. The van der Waals surface area contributed by atoms with E-state index in [0.717, 1.165) is 12.8 Å². The van der Waals surface area contributed by atoms with Crippen molar-refractivity contribution in [1.29, 1.82) is 0 Å². The van der Waals surface area contributed by atoms with Gasteiger partial charge in [-0.1, -0.05) is 27.2 Å². The van der Waals surface area contributed by atoms with Gasteiger partial charge in [0.15, 0.2) is 0 Å². The van der Waals surface area contributed by atoms with Crippen molar-refractivity contribution in [3.8, 4) is 0 Å². The molecule has 0 saturated carbocycles. The minimum absolute atomic E-state index is 0.0717. The maximum absolute atomic E-state index is 11.4. The summed E-state index contributed by atoms with van der Waals surface area (Å²) in [4.78, 5) is 23.9. The molecule has 0 bridgehead atoms. The molecule has 1 amide bonds. The minimum atomic E-state index is -0.486. The lowest BCUT2D eigenvalue weighted by Gasteiger charge is -2.16. The number of nitrogens with zero attached hydrogens (tertiary/aromatic N) is 1. The molecule has 0 unspecified atom stereocenters. The molecule has 0 rings (SSSR count). The average Bonchev–Trinajstić information content (AvgIpc) is 2.26. The van der Waals surface area contributed by atoms with Crippen LogP contribution in [0.25, 0.3) is 0 Å². The van der Waals surface area contributed by atoms with Crippen LogP contribution in [0.2, 0.25) is 0 Å². The van der Waals surface area contributed by atoms with Gasteiger partial charge in [0, 0.05) is 7.05 Å². The van der Waals surface area contributed by atoms with E-state index in [0.29, 0.717) is 19.1 Å². The Morgan fingerprint density at radius 2 is 1.88 bits per heavy atom. The second kappa shape index (κ2) is 8.84. The van der Waals surface area contributed by atoms with Crippen LogP contribution in [0.5, 0.6) is 0 Å². The standard InChI is InChI=1S/C12H23NO4/c1-5-6-7-16-12(15)13(4)8-11(14)17-9-10(2)3/h10H,5-9H2,1-4H3. The molecule has 0 aromatic carbocycles. The third-order valence-electron chi connectivity index (χ3n) is 1.98. The first kappa shape index (κ1) is 15.7. The molecule has 0 aliphatic carbocycles. The molecule has 0 aliphatic heterocycles. The Labute approximate surface area is 103 Å². The molecule has 0 heterocycles. The van der Waals surface area contributed by atoms with Gasteiger partial charge in [0.25, 0.3) is 0 Å². The normalized spacial score (nSPS) is 10.2.